The average molecular weight is 416 g/mol. The van der Waals surface area contributed by atoms with Gasteiger partial charge in [0.2, 0.25) is 0 Å². The van der Waals surface area contributed by atoms with Crippen LogP contribution in [0.1, 0.15) is 22.7 Å². The summed E-state index contributed by atoms with van der Waals surface area (Å²) in [4.78, 5) is 2.52. The maximum atomic E-state index is 6.10. The Hall–Kier alpha value is 0.610. The van der Waals surface area contributed by atoms with E-state index in [0.717, 1.165) is 19.8 Å². The fraction of sp³-hybridized carbons (Fsp3) is 0.273. The van der Waals surface area contributed by atoms with Crippen LogP contribution in [0, 0.1) is 0 Å². The second-order valence-electron chi connectivity index (χ2n) is 3.39. The Morgan fingerprint density at radius 1 is 1.47 bits per heavy atom. The highest BCUT2D eigenvalue weighted by Crippen LogP contribution is 2.40. The second-order valence-corrected chi connectivity index (χ2v) is 8.00. The Morgan fingerprint density at radius 2 is 2.24 bits per heavy atom. The first-order valence-electron chi connectivity index (χ1n) is 5.04. The molecule has 1 atom stereocenters. The number of hydrogen-bond acceptors (Lipinski definition) is 3. The lowest BCUT2D eigenvalue weighted by Crippen LogP contribution is -2.20. The highest BCUT2D eigenvalue weighted by Gasteiger charge is 2.20. The van der Waals surface area contributed by atoms with Gasteiger partial charge in [-0.2, -0.15) is 0 Å². The van der Waals surface area contributed by atoms with Crippen molar-refractivity contribution in [3.8, 4) is 0 Å². The van der Waals surface area contributed by atoms with E-state index in [-0.39, 0.29) is 6.04 Å². The third-order valence-electron chi connectivity index (χ3n) is 2.26. The summed E-state index contributed by atoms with van der Waals surface area (Å²) < 4.78 is 2.14. The van der Waals surface area contributed by atoms with E-state index in [1.807, 2.05) is 6.07 Å². The van der Waals surface area contributed by atoms with Crippen molar-refractivity contribution in [1.82, 2.24) is 5.32 Å². The topological polar surface area (TPSA) is 12.0 Å². The van der Waals surface area contributed by atoms with Crippen molar-refractivity contribution in [2.75, 3.05) is 6.54 Å². The maximum Gasteiger partial charge on any atom is 0.0888 e. The van der Waals surface area contributed by atoms with Crippen LogP contribution >= 0.6 is 66.1 Å². The molecule has 2 rings (SSSR count). The average Bonchev–Trinajstić information content (AvgIpc) is 2.83. The van der Waals surface area contributed by atoms with E-state index in [9.17, 15) is 0 Å². The molecule has 0 spiro atoms. The van der Waals surface area contributed by atoms with Gasteiger partial charge < -0.3 is 5.32 Å². The van der Waals surface area contributed by atoms with E-state index in [1.54, 1.807) is 22.7 Å². The lowest BCUT2D eigenvalue weighted by molar-refractivity contribution is 0.647. The van der Waals surface area contributed by atoms with Crippen LogP contribution in [-0.2, 0) is 0 Å². The van der Waals surface area contributed by atoms with Crippen molar-refractivity contribution in [1.29, 1.82) is 0 Å². The zero-order valence-corrected chi connectivity index (χ0v) is 14.5. The predicted molar refractivity (Wildman–Crippen MR) is 84.6 cm³/mol. The summed E-state index contributed by atoms with van der Waals surface area (Å²) >= 11 is 16.6. The SMILES string of the molecule is CCNC(c1cc(Cl)c(Br)s1)c1sccc1Br. The molecule has 2 aromatic rings. The van der Waals surface area contributed by atoms with Crippen molar-refractivity contribution >= 4 is 66.1 Å². The molecule has 0 aromatic carbocycles. The van der Waals surface area contributed by atoms with E-state index in [2.05, 4.69) is 55.5 Å². The third kappa shape index (κ3) is 3.14. The standard InChI is InChI=1S/C11H10Br2ClNS2/c1-2-15-9(10-6(12)3-4-16-10)8-5-7(14)11(13)17-8/h3-5,9,15H,2H2,1H3. The van der Waals surface area contributed by atoms with Crippen molar-refractivity contribution in [2.24, 2.45) is 0 Å². The molecule has 1 nitrogen and oxygen atoms in total. The zero-order chi connectivity index (χ0) is 12.4. The summed E-state index contributed by atoms with van der Waals surface area (Å²) in [6, 6.07) is 4.31. The molecular weight excluding hydrogens is 406 g/mol. The molecule has 0 saturated carbocycles. The highest BCUT2D eigenvalue weighted by atomic mass is 79.9. The molecule has 0 radical (unpaired) electrons. The Kier molecular flexibility index (Phi) is 5.09. The summed E-state index contributed by atoms with van der Waals surface area (Å²) in [7, 11) is 0. The molecule has 0 fully saturated rings. The summed E-state index contributed by atoms with van der Waals surface area (Å²) in [6.07, 6.45) is 0. The number of halogens is 3. The summed E-state index contributed by atoms with van der Waals surface area (Å²) in [5.74, 6) is 0. The Balaban J connectivity index is 2.39. The van der Waals surface area contributed by atoms with E-state index < -0.39 is 0 Å². The van der Waals surface area contributed by atoms with Crippen LogP contribution in [-0.4, -0.2) is 6.54 Å². The Labute approximate surface area is 130 Å². The van der Waals surface area contributed by atoms with Crippen LogP contribution in [0.15, 0.2) is 25.8 Å². The first kappa shape index (κ1) is 14.0. The van der Waals surface area contributed by atoms with Crippen LogP contribution in [0.2, 0.25) is 5.02 Å². The van der Waals surface area contributed by atoms with E-state index >= 15 is 0 Å². The van der Waals surface area contributed by atoms with Crippen LogP contribution in [0.4, 0.5) is 0 Å². The molecule has 0 saturated heterocycles. The van der Waals surface area contributed by atoms with Crippen molar-refractivity contribution in [2.45, 2.75) is 13.0 Å². The lowest BCUT2D eigenvalue weighted by Gasteiger charge is -2.15. The summed E-state index contributed by atoms with van der Waals surface area (Å²) in [5, 5.41) is 6.36. The van der Waals surface area contributed by atoms with Gasteiger partial charge in [-0.15, -0.1) is 22.7 Å². The zero-order valence-electron chi connectivity index (χ0n) is 8.97. The quantitative estimate of drug-likeness (QED) is 0.677. The van der Waals surface area contributed by atoms with Crippen molar-refractivity contribution < 1.29 is 0 Å². The molecule has 92 valence electrons. The minimum atomic E-state index is 0.211. The second kappa shape index (κ2) is 6.17. The molecule has 2 aromatic heterocycles. The molecule has 17 heavy (non-hydrogen) atoms. The normalized spacial score (nSPS) is 12.9. The minimum absolute atomic E-state index is 0.211. The monoisotopic (exact) mass is 413 g/mol. The molecular formula is C11H10Br2ClNS2. The van der Waals surface area contributed by atoms with Gasteiger partial charge >= 0.3 is 0 Å². The van der Waals surface area contributed by atoms with Gasteiger partial charge in [0.15, 0.2) is 0 Å². The highest BCUT2D eigenvalue weighted by molar-refractivity contribution is 9.11. The van der Waals surface area contributed by atoms with Crippen molar-refractivity contribution in [3.63, 3.8) is 0 Å². The summed E-state index contributed by atoms with van der Waals surface area (Å²) in [6.45, 7) is 3.03. The maximum absolute atomic E-state index is 6.10. The van der Waals surface area contributed by atoms with E-state index in [1.165, 1.54) is 9.75 Å². The van der Waals surface area contributed by atoms with Gasteiger partial charge in [-0.05, 0) is 55.9 Å². The summed E-state index contributed by atoms with van der Waals surface area (Å²) in [5.41, 5.74) is 0. The first-order valence-corrected chi connectivity index (χ1v) is 8.70. The largest absolute Gasteiger partial charge is 0.305 e. The number of hydrogen-bond donors (Lipinski definition) is 1. The number of rotatable bonds is 4. The third-order valence-corrected chi connectivity index (χ3v) is 6.74. The van der Waals surface area contributed by atoms with E-state index in [0.29, 0.717) is 0 Å². The van der Waals surface area contributed by atoms with Gasteiger partial charge in [0.05, 0.1) is 14.9 Å². The van der Waals surface area contributed by atoms with Gasteiger partial charge in [-0.25, -0.2) is 0 Å². The smallest absolute Gasteiger partial charge is 0.0888 e. The number of thiophene rings is 2. The van der Waals surface area contributed by atoms with E-state index in [4.69, 9.17) is 11.6 Å². The Bertz CT molecular complexity index is 490. The van der Waals surface area contributed by atoms with Crippen molar-refractivity contribution in [3.05, 3.63) is 40.5 Å². The molecule has 0 aliphatic heterocycles. The minimum Gasteiger partial charge on any atom is -0.305 e. The van der Waals surface area contributed by atoms with Gasteiger partial charge in [-0.3, -0.25) is 0 Å². The molecule has 0 aliphatic carbocycles. The molecule has 6 heteroatoms. The fourth-order valence-electron chi connectivity index (χ4n) is 1.54. The van der Waals surface area contributed by atoms with Crippen LogP contribution in [0.25, 0.3) is 0 Å². The fourth-order valence-corrected chi connectivity index (χ4v) is 5.14. The molecule has 0 amide bonds. The molecule has 2 heterocycles. The Morgan fingerprint density at radius 3 is 2.71 bits per heavy atom. The molecule has 1 N–H and O–H groups in total. The molecule has 0 bridgehead atoms. The molecule has 1 unspecified atom stereocenters. The van der Waals surface area contributed by atoms with Gasteiger partial charge in [0.25, 0.3) is 0 Å². The van der Waals surface area contributed by atoms with Gasteiger partial charge in [0, 0.05) is 14.2 Å². The van der Waals surface area contributed by atoms with Gasteiger partial charge in [0.1, 0.15) is 0 Å². The van der Waals surface area contributed by atoms with Crippen LogP contribution in [0.3, 0.4) is 0 Å². The lowest BCUT2D eigenvalue weighted by atomic mass is 10.2. The predicted octanol–water partition coefficient (Wildman–Crippen LogP) is 5.69. The van der Waals surface area contributed by atoms with Crippen LogP contribution in [0.5, 0.6) is 0 Å². The first-order chi connectivity index (χ1) is 8.13. The van der Waals surface area contributed by atoms with Gasteiger partial charge in [-0.1, -0.05) is 18.5 Å². The van der Waals surface area contributed by atoms with Crippen LogP contribution < -0.4 is 5.32 Å². The number of nitrogens with one attached hydrogen (secondary N) is 1. The molecule has 0 aliphatic rings.